The number of hydrogen-bond acceptors (Lipinski definition) is 2. The van der Waals surface area contributed by atoms with Crippen LogP contribution in [0.2, 0.25) is 0 Å². The van der Waals surface area contributed by atoms with E-state index in [-0.39, 0.29) is 17.3 Å². The van der Waals surface area contributed by atoms with Gasteiger partial charge in [0.25, 0.3) is 0 Å². The van der Waals surface area contributed by atoms with Crippen LogP contribution in [0.1, 0.15) is 64.5 Å². The van der Waals surface area contributed by atoms with E-state index in [0.29, 0.717) is 12.5 Å². The molecule has 1 aromatic rings. The first-order chi connectivity index (χ1) is 8.77. The van der Waals surface area contributed by atoms with Crippen molar-refractivity contribution >= 4 is 5.97 Å². The first-order valence-corrected chi connectivity index (χ1v) is 7.03. The van der Waals surface area contributed by atoms with Gasteiger partial charge in [0.15, 0.2) is 0 Å². The molecule has 1 rings (SSSR count). The van der Waals surface area contributed by atoms with Crippen LogP contribution in [0, 0.1) is 5.41 Å². The standard InChI is InChI=1S/C17H26O2/c1-7-19-16(18)15(17(4,5)6)14-10-8-13(9-11-14)12(2)3/h8-12,15H,7H2,1-6H3. The highest BCUT2D eigenvalue weighted by molar-refractivity contribution is 5.79. The Hall–Kier alpha value is -1.31. The third-order valence-electron chi connectivity index (χ3n) is 3.32. The monoisotopic (exact) mass is 262 g/mol. The van der Waals surface area contributed by atoms with E-state index in [4.69, 9.17) is 4.74 Å². The minimum atomic E-state index is -0.214. The molecule has 0 heterocycles. The molecule has 19 heavy (non-hydrogen) atoms. The molecule has 0 fully saturated rings. The average molecular weight is 262 g/mol. The lowest BCUT2D eigenvalue weighted by atomic mass is 9.76. The second-order valence-corrected chi connectivity index (χ2v) is 6.37. The average Bonchev–Trinajstić information content (AvgIpc) is 2.28. The fraction of sp³-hybridized carbons (Fsp3) is 0.588. The van der Waals surface area contributed by atoms with Gasteiger partial charge in [-0.25, -0.2) is 0 Å². The molecule has 0 saturated carbocycles. The number of ether oxygens (including phenoxy) is 1. The van der Waals surface area contributed by atoms with Crippen LogP contribution in [0.25, 0.3) is 0 Å². The number of carbonyl (C=O) groups is 1. The Labute approximate surface area is 117 Å². The minimum Gasteiger partial charge on any atom is -0.466 e. The summed E-state index contributed by atoms with van der Waals surface area (Å²) >= 11 is 0. The van der Waals surface area contributed by atoms with Crippen LogP contribution in [0.4, 0.5) is 0 Å². The Bertz CT molecular complexity index is 410. The third kappa shape index (κ3) is 4.09. The maximum absolute atomic E-state index is 12.2. The zero-order chi connectivity index (χ0) is 14.6. The van der Waals surface area contributed by atoms with Crippen LogP contribution >= 0.6 is 0 Å². The fourth-order valence-electron chi connectivity index (χ4n) is 2.29. The van der Waals surface area contributed by atoms with Gasteiger partial charge in [0.2, 0.25) is 0 Å². The Morgan fingerprint density at radius 2 is 1.58 bits per heavy atom. The molecule has 0 amide bonds. The summed E-state index contributed by atoms with van der Waals surface area (Å²) in [7, 11) is 0. The van der Waals surface area contributed by atoms with Crippen LogP contribution in [0.3, 0.4) is 0 Å². The largest absolute Gasteiger partial charge is 0.466 e. The summed E-state index contributed by atoms with van der Waals surface area (Å²) in [6.45, 7) is 12.8. The summed E-state index contributed by atoms with van der Waals surface area (Å²) < 4.78 is 5.22. The van der Waals surface area contributed by atoms with Gasteiger partial charge in [0.1, 0.15) is 0 Å². The van der Waals surface area contributed by atoms with Crippen molar-refractivity contribution in [2.45, 2.75) is 53.4 Å². The summed E-state index contributed by atoms with van der Waals surface area (Å²) in [6.07, 6.45) is 0. The first kappa shape index (κ1) is 15.7. The summed E-state index contributed by atoms with van der Waals surface area (Å²) in [5, 5.41) is 0. The number of rotatable bonds is 4. The highest BCUT2D eigenvalue weighted by Crippen LogP contribution is 2.36. The van der Waals surface area contributed by atoms with Crippen molar-refractivity contribution in [1.82, 2.24) is 0 Å². The summed E-state index contributed by atoms with van der Waals surface area (Å²) in [5.41, 5.74) is 2.18. The highest BCUT2D eigenvalue weighted by atomic mass is 16.5. The highest BCUT2D eigenvalue weighted by Gasteiger charge is 2.33. The van der Waals surface area contributed by atoms with E-state index in [0.717, 1.165) is 5.56 Å². The van der Waals surface area contributed by atoms with E-state index in [1.54, 1.807) is 0 Å². The van der Waals surface area contributed by atoms with Crippen molar-refractivity contribution in [3.8, 4) is 0 Å². The lowest BCUT2D eigenvalue weighted by molar-refractivity contribution is -0.147. The van der Waals surface area contributed by atoms with Gasteiger partial charge in [-0.15, -0.1) is 0 Å². The molecule has 0 aliphatic rings. The smallest absolute Gasteiger partial charge is 0.313 e. The molecule has 0 aliphatic carbocycles. The maximum atomic E-state index is 12.2. The molecule has 0 aromatic heterocycles. The van der Waals surface area contributed by atoms with E-state index < -0.39 is 0 Å². The Morgan fingerprint density at radius 3 is 1.95 bits per heavy atom. The molecule has 106 valence electrons. The first-order valence-electron chi connectivity index (χ1n) is 7.03. The molecule has 0 radical (unpaired) electrons. The second-order valence-electron chi connectivity index (χ2n) is 6.37. The molecule has 2 heteroatoms. The zero-order valence-corrected chi connectivity index (χ0v) is 13.0. The lowest BCUT2D eigenvalue weighted by Gasteiger charge is -2.29. The fourth-order valence-corrected chi connectivity index (χ4v) is 2.29. The minimum absolute atomic E-state index is 0.132. The van der Waals surface area contributed by atoms with Crippen molar-refractivity contribution in [3.63, 3.8) is 0 Å². The Morgan fingerprint density at radius 1 is 1.11 bits per heavy atom. The molecule has 0 aliphatic heterocycles. The molecule has 0 saturated heterocycles. The van der Waals surface area contributed by atoms with Crippen LogP contribution < -0.4 is 0 Å². The van der Waals surface area contributed by atoms with Crippen molar-refractivity contribution in [2.24, 2.45) is 5.41 Å². The molecule has 2 nitrogen and oxygen atoms in total. The molecule has 1 atom stereocenters. The summed E-state index contributed by atoms with van der Waals surface area (Å²) in [6, 6.07) is 8.33. The van der Waals surface area contributed by atoms with Crippen LogP contribution in [0.15, 0.2) is 24.3 Å². The van der Waals surface area contributed by atoms with Crippen molar-refractivity contribution in [2.75, 3.05) is 6.61 Å². The summed E-state index contributed by atoms with van der Waals surface area (Å²) in [5.74, 6) is 0.158. The number of hydrogen-bond donors (Lipinski definition) is 0. The van der Waals surface area contributed by atoms with E-state index in [9.17, 15) is 4.79 Å². The van der Waals surface area contributed by atoms with Crippen molar-refractivity contribution in [3.05, 3.63) is 35.4 Å². The quantitative estimate of drug-likeness (QED) is 0.747. The van der Waals surface area contributed by atoms with Crippen LogP contribution in [0.5, 0.6) is 0 Å². The van der Waals surface area contributed by atoms with Gasteiger partial charge in [-0.2, -0.15) is 0 Å². The molecule has 1 aromatic carbocycles. The molecule has 0 spiro atoms. The second kappa shape index (κ2) is 6.23. The number of esters is 1. The Kier molecular flexibility index (Phi) is 5.16. The van der Waals surface area contributed by atoms with E-state index >= 15 is 0 Å². The van der Waals surface area contributed by atoms with E-state index in [1.165, 1.54) is 5.56 Å². The van der Waals surface area contributed by atoms with Gasteiger partial charge in [-0.3, -0.25) is 4.79 Å². The predicted molar refractivity (Wildman–Crippen MR) is 79.4 cm³/mol. The number of carbonyl (C=O) groups excluding carboxylic acids is 1. The van der Waals surface area contributed by atoms with Crippen LogP contribution in [-0.2, 0) is 9.53 Å². The molecular weight excluding hydrogens is 236 g/mol. The van der Waals surface area contributed by atoms with Gasteiger partial charge in [-0.1, -0.05) is 58.9 Å². The van der Waals surface area contributed by atoms with Crippen molar-refractivity contribution < 1.29 is 9.53 Å². The molecule has 1 unspecified atom stereocenters. The molecular formula is C17H26O2. The lowest BCUT2D eigenvalue weighted by Crippen LogP contribution is -2.28. The normalized spacial score (nSPS) is 13.4. The number of benzene rings is 1. The Balaban J connectivity index is 3.08. The summed E-state index contributed by atoms with van der Waals surface area (Å²) in [4.78, 5) is 12.2. The van der Waals surface area contributed by atoms with Crippen molar-refractivity contribution in [1.29, 1.82) is 0 Å². The predicted octanol–water partition coefficient (Wildman–Crippen LogP) is 4.50. The molecule has 0 N–H and O–H groups in total. The molecule has 0 bridgehead atoms. The zero-order valence-electron chi connectivity index (χ0n) is 13.0. The van der Waals surface area contributed by atoms with Gasteiger partial charge >= 0.3 is 5.97 Å². The third-order valence-corrected chi connectivity index (χ3v) is 3.32. The van der Waals surface area contributed by atoms with E-state index in [2.05, 4.69) is 58.9 Å². The van der Waals surface area contributed by atoms with Gasteiger partial charge in [0, 0.05) is 0 Å². The van der Waals surface area contributed by atoms with Gasteiger partial charge < -0.3 is 4.74 Å². The topological polar surface area (TPSA) is 26.3 Å². The maximum Gasteiger partial charge on any atom is 0.313 e. The van der Waals surface area contributed by atoms with Gasteiger partial charge in [0.05, 0.1) is 12.5 Å². The van der Waals surface area contributed by atoms with E-state index in [1.807, 2.05) is 6.92 Å². The van der Waals surface area contributed by atoms with Crippen LogP contribution in [-0.4, -0.2) is 12.6 Å². The SMILES string of the molecule is CCOC(=O)C(c1ccc(C(C)C)cc1)C(C)(C)C. The van der Waals surface area contributed by atoms with Gasteiger partial charge in [-0.05, 0) is 29.4 Å².